The maximum Gasteiger partial charge on any atom is 0.0928 e. The molecule has 0 atom stereocenters. The smallest absolute Gasteiger partial charge is 0.0928 e. The van der Waals surface area contributed by atoms with E-state index in [2.05, 4.69) is 6.92 Å². The van der Waals surface area contributed by atoms with E-state index in [-0.39, 0.29) is 0 Å². The predicted molar refractivity (Wildman–Crippen MR) is 75.0 cm³/mol. The fraction of sp³-hybridized carbons (Fsp3) is 0.500. The molecule has 0 saturated heterocycles. The lowest BCUT2D eigenvalue weighted by atomic mass is 10.1. The van der Waals surface area contributed by atoms with Gasteiger partial charge in [-0.15, -0.1) is 0 Å². The van der Waals surface area contributed by atoms with E-state index in [4.69, 9.17) is 0 Å². The van der Waals surface area contributed by atoms with Crippen molar-refractivity contribution < 1.29 is 5.11 Å². The molecular formula is C16H24O. The van der Waals surface area contributed by atoms with Gasteiger partial charge in [-0.3, -0.25) is 0 Å². The Labute approximate surface area is 105 Å². The molecule has 1 aromatic rings. The molecule has 0 aliphatic heterocycles. The molecule has 0 unspecified atom stereocenters. The van der Waals surface area contributed by atoms with Crippen LogP contribution in [-0.2, 0) is 0 Å². The number of aliphatic hydroxyl groups excluding tert-OH is 1. The van der Waals surface area contributed by atoms with Crippen LogP contribution in [0.1, 0.15) is 57.4 Å². The van der Waals surface area contributed by atoms with Gasteiger partial charge in [0.2, 0.25) is 0 Å². The Hall–Kier alpha value is -1.24. The van der Waals surface area contributed by atoms with E-state index in [0.29, 0.717) is 5.76 Å². The highest BCUT2D eigenvalue weighted by Gasteiger charge is 1.95. The number of rotatable bonds is 8. The molecular weight excluding hydrogens is 208 g/mol. The van der Waals surface area contributed by atoms with Crippen LogP contribution in [0.4, 0.5) is 0 Å². The van der Waals surface area contributed by atoms with Crippen molar-refractivity contribution in [3.8, 4) is 0 Å². The summed E-state index contributed by atoms with van der Waals surface area (Å²) in [6.45, 7) is 2.23. The van der Waals surface area contributed by atoms with Crippen LogP contribution in [0.25, 0.3) is 6.08 Å². The van der Waals surface area contributed by atoms with E-state index >= 15 is 0 Å². The van der Waals surface area contributed by atoms with Crippen molar-refractivity contribution >= 4 is 6.08 Å². The summed E-state index contributed by atoms with van der Waals surface area (Å²) >= 11 is 0. The average Bonchev–Trinajstić information content (AvgIpc) is 2.35. The van der Waals surface area contributed by atoms with Crippen molar-refractivity contribution in [2.45, 2.75) is 51.9 Å². The van der Waals surface area contributed by atoms with Gasteiger partial charge in [0.25, 0.3) is 0 Å². The highest BCUT2D eigenvalue weighted by Crippen LogP contribution is 2.12. The molecule has 0 bridgehead atoms. The van der Waals surface area contributed by atoms with Crippen LogP contribution in [0.2, 0.25) is 0 Å². The maximum absolute atomic E-state index is 9.77. The fourth-order valence-electron chi connectivity index (χ4n) is 1.90. The summed E-state index contributed by atoms with van der Waals surface area (Å²) in [6, 6.07) is 9.99. The Morgan fingerprint density at radius 1 is 1.00 bits per heavy atom. The van der Waals surface area contributed by atoms with E-state index in [1.165, 1.54) is 32.1 Å². The number of aliphatic hydroxyl groups is 1. The molecule has 0 amide bonds. The summed E-state index contributed by atoms with van der Waals surface area (Å²) in [5, 5.41) is 9.77. The standard InChI is InChI=1S/C16H24O/c1-2-3-4-5-6-10-13-16(17)14-15-11-8-7-9-12-15/h7-9,11-12,14,17H,2-6,10,13H2,1H3/b16-14-. The Morgan fingerprint density at radius 2 is 1.65 bits per heavy atom. The summed E-state index contributed by atoms with van der Waals surface area (Å²) in [5.41, 5.74) is 1.08. The molecule has 0 radical (unpaired) electrons. The summed E-state index contributed by atoms with van der Waals surface area (Å²) < 4.78 is 0. The fourth-order valence-corrected chi connectivity index (χ4v) is 1.90. The van der Waals surface area contributed by atoms with E-state index in [9.17, 15) is 5.11 Å². The molecule has 0 saturated carbocycles. The van der Waals surface area contributed by atoms with Crippen LogP contribution in [0.3, 0.4) is 0 Å². The Kier molecular flexibility index (Phi) is 7.20. The highest BCUT2D eigenvalue weighted by molar-refractivity contribution is 5.50. The molecule has 0 fully saturated rings. The zero-order valence-corrected chi connectivity index (χ0v) is 10.9. The van der Waals surface area contributed by atoms with Crippen LogP contribution in [0.5, 0.6) is 0 Å². The zero-order valence-electron chi connectivity index (χ0n) is 10.9. The average molecular weight is 232 g/mol. The molecule has 17 heavy (non-hydrogen) atoms. The molecule has 1 N–H and O–H groups in total. The summed E-state index contributed by atoms with van der Waals surface area (Å²) in [7, 11) is 0. The predicted octanol–water partition coefficient (Wildman–Crippen LogP) is 5.34. The minimum atomic E-state index is 0.506. The molecule has 0 spiro atoms. The summed E-state index contributed by atoms with van der Waals surface area (Å²) in [4.78, 5) is 0. The van der Waals surface area contributed by atoms with Gasteiger partial charge in [0, 0.05) is 6.42 Å². The van der Waals surface area contributed by atoms with Crippen molar-refractivity contribution in [3.63, 3.8) is 0 Å². The van der Waals surface area contributed by atoms with Gasteiger partial charge in [-0.1, -0.05) is 69.4 Å². The van der Waals surface area contributed by atoms with Gasteiger partial charge < -0.3 is 5.11 Å². The number of allylic oxidation sites excluding steroid dienone is 1. The maximum atomic E-state index is 9.77. The minimum Gasteiger partial charge on any atom is -0.512 e. The molecule has 0 aliphatic rings. The molecule has 0 aromatic heterocycles. The van der Waals surface area contributed by atoms with E-state index < -0.39 is 0 Å². The SMILES string of the molecule is CCCCCCCC/C(O)=C/c1ccccc1. The molecule has 0 aliphatic carbocycles. The Bertz CT molecular complexity index is 314. The monoisotopic (exact) mass is 232 g/mol. The molecule has 1 aromatic carbocycles. The molecule has 0 heterocycles. The lowest BCUT2D eigenvalue weighted by Crippen LogP contribution is -1.84. The van der Waals surface area contributed by atoms with Crippen LogP contribution in [-0.4, -0.2) is 5.11 Å². The second-order valence-electron chi connectivity index (χ2n) is 4.56. The first-order valence-corrected chi connectivity index (χ1v) is 6.77. The first-order chi connectivity index (χ1) is 8.33. The Morgan fingerprint density at radius 3 is 2.35 bits per heavy atom. The number of hydrogen-bond acceptors (Lipinski definition) is 1. The van der Waals surface area contributed by atoms with Gasteiger partial charge in [-0.05, 0) is 18.1 Å². The number of benzene rings is 1. The molecule has 1 nitrogen and oxygen atoms in total. The molecule has 1 heteroatoms. The van der Waals surface area contributed by atoms with Gasteiger partial charge >= 0.3 is 0 Å². The van der Waals surface area contributed by atoms with Gasteiger partial charge in [0.1, 0.15) is 0 Å². The molecule has 94 valence electrons. The van der Waals surface area contributed by atoms with Crippen molar-refractivity contribution in [3.05, 3.63) is 41.7 Å². The lowest BCUT2D eigenvalue weighted by Gasteiger charge is -2.01. The quantitative estimate of drug-likeness (QED) is 0.474. The van der Waals surface area contributed by atoms with E-state index in [1.807, 2.05) is 36.4 Å². The van der Waals surface area contributed by atoms with Crippen LogP contribution in [0.15, 0.2) is 36.1 Å². The first kappa shape index (κ1) is 13.8. The van der Waals surface area contributed by atoms with Crippen molar-refractivity contribution in [2.24, 2.45) is 0 Å². The van der Waals surface area contributed by atoms with Crippen molar-refractivity contribution in [2.75, 3.05) is 0 Å². The zero-order chi connectivity index (χ0) is 12.3. The minimum absolute atomic E-state index is 0.506. The first-order valence-electron chi connectivity index (χ1n) is 6.77. The van der Waals surface area contributed by atoms with Gasteiger partial charge in [-0.2, -0.15) is 0 Å². The topological polar surface area (TPSA) is 20.2 Å². The van der Waals surface area contributed by atoms with Crippen LogP contribution >= 0.6 is 0 Å². The second-order valence-corrected chi connectivity index (χ2v) is 4.56. The third kappa shape index (κ3) is 6.83. The van der Waals surface area contributed by atoms with Gasteiger partial charge in [0.15, 0.2) is 0 Å². The van der Waals surface area contributed by atoms with Crippen molar-refractivity contribution in [1.29, 1.82) is 0 Å². The third-order valence-corrected chi connectivity index (χ3v) is 2.92. The second kappa shape index (κ2) is 8.86. The highest BCUT2D eigenvalue weighted by atomic mass is 16.3. The summed E-state index contributed by atoms with van der Waals surface area (Å²) in [6.07, 6.45) is 10.3. The van der Waals surface area contributed by atoms with E-state index in [0.717, 1.165) is 18.4 Å². The van der Waals surface area contributed by atoms with Crippen LogP contribution in [0, 0.1) is 0 Å². The number of hydrogen-bond donors (Lipinski definition) is 1. The summed E-state index contributed by atoms with van der Waals surface area (Å²) in [5.74, 6) is 0.506. The normalized spacial score (nSPS) is 11.7. The third-order valence-electron chi connectivity index (χ3n) is 2.92. The number of unbranched alkanes of at least 4 members (excludes halogenated alkanes) is 5. The largest absolute Gasteiger partial charge is 0.512 e. The molecule has 1 rings (SSSR count). The van der Waals surface area contributed by atoms with Gasteiger partial charge in [0.05, 0.1) is 5.76 Å². The van der Waals surface area contributed by atoms with Crippen molar-refractivity contribution in [1.82, 2.24) is 0 Å². The van der Waals surface area contributed by atoms with Gasteiger partial charge in [-0.25, -0.2) is 0 Å². The Balaban J connectivity index is 2.17. The van der Waals surface area contributed by atoms with Crippen LogP contribution < -0.4 is 0 Å². The van der Waals surface area contributed by atoms with E-state index in [1.54, 1.807) is 0 Å². The lowest BCUT2D eigenvalue weighted by molar-refractivity contribution is 0.385.